The van der Waals surface area contributed by atoms with Crippen molar-refractivity contribution in [3.63, 3.8) is 0 Å². The van der Waals surface area contributed by atoms with E-state index in [1.807, 2.05) is 0 Å². The van der Waals surface area contributed by atoms with Crippen molar-refractivity contribution in [2.24, 2.45) is 0 Å². The maximum Gasteiger partial charge on any atom is 0.255 e. The molecule has 0 aromatic heterocycles. The number of rotatable bonds is 2. The third-order valence-corrected chi connectivity index (χ3v) is 3.34. The number of carbonyl (C=O) groups is 1. The minimum atomic E-state index is -0.318. The van der Waals surface area contributed by atoms with Gasteiger partial charge in [0.1, 0.15) is 0 Å². The predicted octanol–water partition coefficient (Wildman–Crippen LogP) is 1.01. The van der Waals surface area contributed by atoms with E-state index < -0.39 is 0 Å². The highest BCUT2D eigenvalue weighted by Crippen LogP contribution is 2.25. The molecule has 5 N–H and O–H groups in total. The van der Waals surface area contributed by atoms with Gasteiger partial charge in [0.05, 0.1) is 17.4 Å². The van der Waals surface area contributed by atoms with Gasteiger partial charge in [-0.15, -0.1) is 0 Å². The molecule has 1 amide bonds. The zero-order valence-corrected chi connectivity index (χ0v) is 10.1. The van der Waals surface area contributed by atoms with Crippen molar-refractivity contribution in [3.05, 3.63) is 23.8 Å². The molecule has 5 nitrogen and oxygen atoms in total. The molecular weight excluding hydrogens is 232 g/mol. The monoisotopic (exact) mass is 250 g/mol. The van der Waals surface area contributed by atoms with Gasteiger partial charge in [0.15, 0.2) is 5.75 Å². The summed E-state index contributed by atoms with van der Waals surface area (Å²) in [6.45, 7) is 0. The summed E-state index contributed by atoms with van der Waals surface area (Å²) >= 11 is 0. The summed E-state index contributed by atoms with van der Waals surface area (Å²) in [5, 5.41) is 22.0. The summed E-state index contributed by atoms with van der Waals surface area (Å²) < 4.78 is 0. The lowest BCUT2D eigenvalue weighted by atomic mass is 9.93. The van der Waals surface area contributed by atoms with E-state index in [1.165, 1.54) is 0 Å². The maximum absolute atomic E-state index is 12.0. The van der Waals surface area contributed by atoms with Gasteiger partial charge in [0.25, 0.3) is 5.91 Å². The summed E-state index contributed by atoms with van der Waals surface area (Å²) in [6.07, 6.45) is 2.67. The Morgan fingerprint density at radius 3 is 2.61 bits per heavy atom. The van der Waals surface area contributed by atoms with E-state index in [2.05, 4.69) is 5.32 Å². The summed E-state index contributed by atoms with van der Waals surface area (Å²) in [4.78, 5) is 12.0. The first-order valence-electron chi connectivity index (χ1n) is 6.14. The highest BCUT2D eigenvalue weighted by Gasteiger charge is 2.22. The summed E-state index contributed by atoms with van der Waals surface area (Å²) in [5.74, 6) is -0.493. The maximum atomic E-state index is 12.0. The van der Waals surface area contributed by atoms with Crippen molar-refractivity contribution in [1.82, 2.24) is 5.32 Å². The molecule has 1 aromatic rings. The van der Waals surface area contributed by atoms with E-state index in [0.717, 1.165) is 12.8 Å². The van der Waals surface area contributed by atoms with Gasteiger partial charge < -0.3 is 21.3 Å². The lowest BCUT2D eigenvalue weighted by Gasteiger charge is -2.26. The van der Waals surface area contributed by atoms with Gasteiger partial charge in [0, 0.05) is 6.04 Å². The van der Waals surface area contributed by atoms with E-state index in [1.54, 1.807) is 18.2 Å². The summed E-state index contributed by atoms with van der Waals surface area (Å²) in [5.41, 5.74) is 5.94. The molecule has 0 bridgehead atoms. The lowest BCUT2D eigenvalue weighted by Crippen LogP contribution is -2.38. The van der Waals surface area contributed by atoms with Crippen LogP contribution in [0.3, 0.4) is 0 Å². The second-order valence-corrected chi connectivity index (χ2v) is 4.72. The molecule has 5 heteroatoms. The van der Waals surface area contributed by atoms with Crippen LogP contribution in [0.25, 0.3) is 0 Å². The molecule has 1 aromatic carbocycles. The van der Waals surface area contributed by atoms with E-state index >= 15 is 0 Å². The van der Waals surface area contributed by atoms with Crippen molar-refractivity contribution < 1.29 is 15.0 Å². The molecule has 0 aliphatic heterocycles. The number of hydrogen-bond acceptors (Lipinski definition) is 4. The van der Waals surface area contributed by atoms with Gasteiger partial charge in [-0.25, -0.2) is 0 Å². The zero-order valence-electron chi connectivity index (χ0n) is 10.1. The molecule has 0 saturated heterocycles. The fraction of sp³-hybridized carbons (Fsp3) is 0.462. The Morgan fingerprint density at radius 1 is 1.28 bits per heavy atom. The molecule has 0 spiro atoms. The number of anilines is 1. The molecular formula is C13H18N2O3. The number of phenolic OH excluding ortho intramolecular Hbond substituents is 1. The van der Waals surface area contributed by atoms with E-state index in [-0.39, 0.29) is 35.1 Å². The Balaban J connectivity index is 2.01. The molecule has 0 heterocycles. The molecule has 1 saturated carbocycles. The molecule has 0 atom stereocenters. The van der Waals surface area contributed by atoms with Gasteiger partial charge in [-0.1, -0.05) is 6.07 Å². The first-order valence-corrected chi connectivity index (χ1v) is 6.14. The number of para-hydroxylation sites is 1. The average Bonchev–Trinajstić information content (AvgIpc) is 2.35. The molecule has 0 unspecified atom stereocenters. The van der Waals surface area contributed by atoms with Crippen LogP contribution < -0.4 is 11.1 Å². The zero-order chi connectivity index (χ0) is 13.1. The molecule has 2 rings (SSSR count). The second kappa shape index (κ2) is 5.27. The molecule has 1 aliphatic carbocycles. The number of aliphatic hydroxyl groups excluding tert-OH is 1. The Labute approximate surface area is 106 Å². The highest BCUT2D eigenvalue weighted by atomic mass is 16.3. The van der Waals surface area contributed by atoms with Crippen LogP contribution >= 0.6 is 0 Å². The molecule has 0 radical (unpaired) electrons. The average molecular weight is 250 g/mol. The number of carbonyl (C=O) groups excluding carboxylic acids is 1. The van der Waals surface area contributed by atoms with Gasteiger partial charge in [-0.05, 0) is 37.8 Å². The SMILES string of the molecule is Nc1cccc(C(=O)NC2CCC(O)CC2)c1O. The summed E-state index contributed by atoms with van der Waals surface area (Å²) in [7, 11) is 0. The number of nitrogens with two attached hydrogens (primary N) is 1. The minimum Gasteiger partial charge on any atom is -0.505 e. The van der Waals surface area contributed by atoms with Crippen LogP contribution in [0.4, 0.5) is 5.69 Å². The minimum absolute atomic E-state index is 0.0572. The van der Waals surface area contributed by atoms with Crippen molar-refractivity contribution in [1.29, 1.82) is 0 Å². The van der Waals surface area contributed by atoms with E-state index in [4.69, 9.17) is 5.73 Å². The number of hydrogen-bond donors (Lipinski definition) is 4. The smallest absolute Gasteiger partial charge is 0.255 e. The van der Waals surface area contributed by atoms with Gasteiger partial charge in [-0.3, -0.25) is 4.79 Å². The Morgan fingerprint density at radius 2 is 1.94 bits per heavy atom. The number of phenols is 1. The number of aliphatic hydroxyl groups is 1. The third-order valence-electron chi connectivity index (χ3n) is 3.34. The fourth-order valence-electron chi connectivity index (χ4n) is 2.23. The van der Waals surface area contributed by atoms with Crippen molar-refractivity contribution >= 4 is 11.6 Å². The lowest BCUT2D eigenvalue weighted by molar-refractivity contribution is 0.0865. The standard InChI is InChI=1S/C13H18N2O3/c14-11-3-1-2-10(12(11)17)13(18)15-8-4-6-9(16)7-5-8/h1-3,8-9,16-17H,4-7,14H2,(H,15,18). The summed E-state index contributed by atoms with van der Waals surface area (Å²) in [6, 6.07) is 4.78. The van der Waals surface area contributed by atoms with Gasteiger partial charge in [-0.2, -0.15) is 0 Å². The number of nitrogens with one attached hydrogen (secondary N) is 1. The molecule has 1 aliphatic rings. The third kappa shape index (κ3) is 2.73. The van der Waals surface area contributed by atoms with Gasteiger partial charge >= 0.3 is 0 Å². The Bertz CT molecular complexity index is 440. The number of benzene rings is 1. The Kier molecular flexibility index (Phi) is 3.72. The predicted molar refractivity (Wildman–Crippen MR) is 68.2 cm³/mol. The fourth-order valence-corrected chi connectivity index (χ4v) is 2.23. The van der Waals surface area contributed by atoms with Crippen LogP contribution in [0.2, 0.25) is 0 Å². The normalized spacial score (nSPS) is 23.6. The van der Waals surface area contributed by atoms with Crippen LogP contribution in [0.5, 0.6) is 5.75 Å². The first kappa shape index (κ1) is 12.7. The number of amides is 1. The van der Waals surface area contributed by atoms with E-state index in [9.17, 15) is 15.0 Å². The van der Waals surface area contributed by atoms with E-state index in [0.29, 0.717) is 12.8 Å². The van der Waals surface area contributed by atoms with Crippen molar-refractivity contribution in [2.75, 3.05) is 5.73 Å². The van der Waals surface area contributed by atoms with Crippen molar-refractivity contribution in [2.45, 2.75) is 37.8 Å². The second-order valence-electron chi connectivity index (χ2n) is 4.72. The van der Waals surface area contributed by atoms with Crippen LogP contribution in [0, 0.1) is 0 Å². The van der Waals surface area contributed by atoms with Crippen molar-refractivity contribution in [3.8, 4) is 5.75 Å². The number of nitrogen functional groups attached to an aromatic ring is 1. The first-order chi connectivity index (χ1) is 8.58. The van der Waals surface area contributed by atoms with Gasteiger partial charge in [0.2, 0.25) is 0 Å². The molecule has 98 valence electrons. The Hall–Kier alpha value is -1.75. The van der Waals surface area contributed by atoms with Crippen LogP contribution in [-0.2, 0) is 0 Å². The van der Waals surface area contributed by atoms with Crippen LogP contribution in [0.15, 0.2) is 18.2 Å². The topological polar surface area (TPSA) is 95.6 Å². The largest absolute Gasteiger partial charge is 0.505 e. The van der Waals surface area contributed by atoms with Crippen LogP contribution in [0.1, 0.15) is 36.0 Å². The molecule has 18 heavy (non-hydrogen) atoms. The quantitative estimate of drug-likeness (QED) is 0.465. The number of aromatic hydroxyl groups is 1. The highest BCUT2D eigenvalue weighted by molar-refractivity contribution is 5.98. The van der Waals surface area contributed by atoms with Crippen LogP contribution in [-0.4, -0.2) is 28.3 Å². The molecule has 1 fully saturated rings.